The average Bonchev–Trinajstić information content (AvgIpc) is 2.21. The van der Waals surface area contributed by atoms with E-state index in [4.69, 9.17) is 10.1 Å². The van der Waals surface area contributed by atoms with E-state index in [1.54, 1.807) is 0 Å². The molecule has 76 valence electrons. The summed E-state index contributed by atoms with van der Waals surface area (Å²) in [4.78, 5) is 0. The van der Waals surface area contributed by atoms with Crippen LogP contribution in [-0.2, 0) is 4.74 Å². The number of rotatable bonds is 4. The molecule has 0 bridgehead atoms. The van der Waals surface area contributed by atoms with Crippen LogP contribution in [-0.4, -0.2) is 12.5 Å². The summed E-state index contributed by atoms with van der Waals surface area (Å²) in [6.07, 6.45) is 0.906. The largest absolute Gasteiger partial charge is 0.481 e. The number of hydrogen-bond acceptors (Lipinski definition) is 2. The van der Waals surface area contributed by atoms with Crippen LogP contribution < -0.4 is 0 Å². The molecule has 1 rings (SSSR count). The van der Waals surface area contributed by atoms with Gasteiger partial charge < -0.3 is 4.74 Å². The Balaban J connectivity index is 2.77. The zero-order valence-electron chi connectivity index (χ0n) is 8.79. The molecule has 1 unspecified atom stereocenters. The molecule has 1 atom stereocenters. The van der Waals surface area contributed by atoms with Crippen molar-refractivity contribution in [3.05, 3.63) is 35.9 Å². The molecule has 2 nitrogen and oxygen atoms in total. The predicted molar refractivity (Wildman–Crippen MR) is 58.8 cm³/mol. The van der Waals surface area contributed by atoms with Crippen molar-refractivity contribution < 1.29 is 4.74 Å². The van der Waals surface area contributed by atoms with Crippen LogP contribution >= 0.6 is 0 Å². The molecule has 1 aromatic rings. The molecule has 0 heterocycles. The van der Waals surface area contributed by atoms with E-state index in [1.807, 2.05) is 37.3 Å². The fraction of sp³-hybridized carbons (Fsp3) is 0.417. The first-order chi connectivity index (χ1) is 6.79. The zero-order valence-corrected chi connectivity index (χ0v) is 8.79. The molecule has 14 heavy (non-hydrogen) atoms. The van der Waals surface area contributed by atoms with Crippen molar-refractivity contribution in [2.24, 2.45) is 0 Å². The molecule has 1 aromatic carbocycles. The Labute approximate surface area is 85.4 Å². The smallest absolute Gasteiger partial charge is 0.188 e. The molecule has 0 aliphatic rings. The van der Waals surface area contributed by atoms with Gasteiger partial charge in [0.15, 0.2) is 5.90 Å². The number of nitrogens with one attached hydrogen (secondary N) is 1. The highest BCUT2D eigenvalue weighted by molar-refractivity contribution is 5.80. The molecular formula is C12H17NO. The van der Waals surface area contributed by atoms with Gasteiger partial charge in [0, 0.05) is 0 Å². The molecule has 0 amide bonds. The molecule has 0 fully saturated rings. The lowest BCUT2D eigenvalue weighted by molar-refractivity contribution is 0.307. The molecule has 0 aromatic heterocycles. The SMILES string of the molecule is CCOC(=N)C(CC)c1ccccc1. The molecule has 0 aliphatic carbocycles. The third kappa shape index (κ3) is 2.59. The maximum Gasteiger partial charge on any atom is 0.188 e. The summed E-state index contributed by atoms with van der Waals surface area (Å²) in [6.45, 7) is 4.56. The van der Waals surface area contributed by atoms with Crippen LogP contribution in [0.1, 0.15) is 31.7 Å². The summed E-state index contributed by atoms with van der Waals surface area (Å²) in [5.41, 5.74) is 1.16. The Kier molecular flexibility index (Phi) is 4.17. The maximum atomic E-state index is 7.76. The summed E-state index contributed by atoms with van der Waals surface area (Å²) in [5, 5.41) is 7.76. The summed E-state index contributed by atoms with van der Waals surface area (Å²) < 4.78 is 5.23. The fourth-order valence-electron chi connectivity index (χ4n) is 1.51. The van der Waals surface area contributed by atoms with Crippen LogP contribution in [0.15, 0.2) is 30.3 Å². The third-order valence-electron chi connectivity index (χ3n) is 2.23. The summed E-state index contributed by atoms with van der Waals surface area (Å²) >= 11 is 0. The van der Waals surface area contributed by atoms with Gasteiger partial charge in [-0.05, 0) is 18.9 Å². The van der Waals surface area contributed by atoms with E-state index in [9.17, 15) is 0 Å². The van der Waals surface area contributed by atoms with E-state index in [1.165, 1.54) is 0 Å². The van der Waals surface area contributed by atoms with Gasteiger partial charge in [-0.3, -0.25) is 5.41 Å². The number of benzene rings is 1. The lowest BCUT2D eigenvalue weighted by Crippen LogP contribution is -2.14. The van der Waals surface area contributed by atoms with Gasteiger partial charge >= 0.3 is 0 Å². The standard InChI is InChI=1S/C12H17NO/c1-3-11(12(13)14-4-2)10-8-6-5-7-9-10/h5-9,11,13H,3-4H2,1-2H3. The quantitative estimate of drug-likeness (QED) is 0.575. The zero-order chi connectivity index (χ0) is 10.4. The van der Waals surface area contributed by atoms with Gasteiger partial charge in [-0.15, -0.1) is 0 Å². The number of ether oxygens (including phenoxy) is 1. The van der Waals surface area contributed by atoms with Crippen molar-refractivity contribution in [1.82, 2.24) is 0 Å². The molecule has 0 saturated heterocycles. The minimum Gasteiger partial charge on any atom is -0.481 e. The van der Waals surface area contributed by atoms with Crippen molar-refractivity contribution in [3.8, 4) is 0 Å². The van der Waals surface area contributed by atoms with Gasteiger partial charge in [0.1, 0.15) is 0 Å². The van der Waals surface area contributed by atoms with E-state index in [0.717, 1.165) is 12.0 Å². The highest BCUT2D eigenvalue weighted by Gasteiger charge is 2.15. The Hall–Kier alpha value is -1.31. The van der Waals surface area contributed by atoms with Gasteiger partial charge in [0.05, 0.1) is 12.5 Å². The lowest BCUT2D eigenvalue weighted by Gasteiger charge is -2.16. The van der Waals surface area contributed by atoms with Crippen molar-refractivity contribution in [1.29, 1.82) is 5.41 Å². The van der Waals surface area contributed by atoms with Crippen LogP contribution in [0.5, 0.6) is 0 Å². The predicted octanol–water partition coefficient (Wildman–Crippen LogP) is 3.19. The van der Waals surface area contributed by atoms with Crippen LogP contribution in [0, 0.1) is 5.41 Å². The highest BCUT2D eigenvalue weighted by atomic mass is 16.5. The van der Waals surface area contributed by atoms with Crippen molar-refractivity contribution in [3.63, 3.8) is 0 Å². The molecule has 0 spiro atoms. The summed E-state index contributed by atoms with van der Waals surface area (Å²) in [5.74, 6) is 0.484. The van der Waals surface area contributed by atoms with E-state index in [0.29, 0.717) is 12.5 Å². The van der Waals surface area contributed by atoms with Gasteiger partial charge in [0.25, 0.3) is 0 Å². The van der Waals surface area contributed by atoms with Crippen LogP contribution in [0.25, 0.3) is 0 Å². The first-order valence-electron chi connectivity index (χ1n) is 5.05. The summed E-state index contributed by atoms with van der Waals surface area (Å²) in [7, 11) is 0. The van der Waals surface area contributed by atoms with E-state index < -0.39 is 0 Å². The van der Waals surface area contributed by atoms with Crippen molar-refractivity contribution in [2.45, 2.75) is 26.2 Å². The monoisotopic (exact) mass is 191 g/mol. The van der Waals surface area contributed by atoms with Gasteiger partial charge in [-0.1, -0.05) is 37.3 Å². The van der Waals surface area contributed by atoms with Crippen LogP contribution in [0.4, 0.5) is 0 Å². The first-order valence-corrected chi connectivity index (χ1v) is 5.05. The lowest BCUT2D eigenvalue weighted by atomic mass is 9.96. The molecule has 0 saturated carbocycles. The third-order valence-corrected chi connectivity index (χ3v) is 2.23. The van der Waals surface area contributed by atoms with Crippen molar-refractivity contribution >= 4 is 5.90 Å². The fourth-order valence-corrected chi connectivity index (χ4v) is 1.51. The molecule has 0 radical (unpaired) electrons. The Morgan fingerprint density at radius 2 is 1.93 bits per heavy atom. The van der Waals surface area contributed by atoms with E-state index >= 15 is 0 Å². The van der Waals surface area contributed by atoms with Crippen LogP contribution in [0.2, 0.25) is 0 Å². The second kappa shape index (κ2) is 5.43. The van der Waals surface area contributed by atoms with E-state index in [-0.39, 0.29) is 5.92 Å². The Morgan fingerprint density at radius 3 is 2.43 bits per heavy atom. The molecular weight excluding hydrogens is 174 g/mol. The highest BCUT2D eigenvalue weighted by Crippen LogP contribution is 2.20. The van der Waals surface area contributed by atoms with Gasteiger partial charge in [-0.2, -0.15) is 0 Å². The Morgan fingerprint density at radius 1 is 1.29 bits per heavy atom. The Bertz CT molecular complexity index is 282. The second-order valence-electron chi connectivity index (χ2n) is 3.17. The topological polar surface area (TPSA) is 33.1 Å². The molecule has 2 heteroatoms. The molecule has 1 N–H and O–H groups in total. The van der Waals surface area contributed by atoms with Crippen molar-refractivity contribution in [2.75, 3.05) is 6.61 Å². The van der Waals surface area contributed by atoms with E-state index in [2.05, 4.69) is 6.92 Å². The number of hydrogen-bond donors (Lipinski definition) is 1. The second-order valence-corrected chi connectivity index (χ2v) is 3.17. The van der Waals surface area contributed by atoms with Gasteiger partial charge in [-0.25, -0.2) is 0 Å². The minimum atomic E-state index is 0.108. The molecule has 0 aliphatic heterocycles. The minimum absolute atomic E-state index is 0.108. The average molecular weight is 191 g/mol. The van der Waals surface area contributed by atoms with Crippen LogP contribution in [0.3, 0.4) is 0 Å². The first kappa shape index (κ1) is 10.8. The normalized spacial score (nSPS) is 12.1. The maximum absolute atomic E-state index is 7.76. The van der Waals surface area contributed by atoms with Gasteiger partial charge in [0.2, 0.25) is 0 Å². The summed E-state index contributed by atoms with van der Waals surface area (Å²) in [6, 6.07) is 10.1.